The van der Waals surface area contributed by atoms with Crippen LogP contribution in [0.15, 0.2) is 33.9 Å². The van der Waals surface area contributed by atoms with Gasteiger partial charge in [0, 0.05) is 36.6 Å². The van der Waals surface area contributed by atoms with E-state index in [1.807, 2.05) is 36.6 Å². The second kappa shape index (κ2) is 6.65. The number of hydrogen-bond donors (Lipinski definition) is 1. The van der Waals surface area contributed by atoms with E-state index in [2.05, 4.69) is 4.98 Å². The first-order chi connectivity index (χ1) is 13.4. The van der Waals surface area contributed by atoms with Crippen LogP contribution in [0, 0.1) is 13.8 Å². The SMILES string of the molecule is Cc1c(C)n2c3c(=O)n(CCCO)c(=O)n(C)c3nc2n1-c1cccc(Cl)c1. The number of aliphatic hydroxyl groups excluding tert-OH is 1. The van der Waals surface area contributed by atoms with E-state index in [1.54, 1.807) is 17.5 Å². The molecule has 4 rings (SSSR count). The van der Waals surface area contributed by atoms with Crippen LogP contribution in [0.5, 0.6) is 0 Å². The summed E-state index contributed by atoms with van der Waals surface area (Å²) in [5, 5.41) is 9.69. The Kier molecular flexibility index (Phi) is 4.40. The largest absolute Gasteiger partial charge is 0.396 e. The van der Waals surface area contributed by atoms with Crippen molar-refractivity contribution in [1.82, 2.24) is 23.1 Å². The molecule has 3 heterocycles. The Morgan fingerprint density at radius 2 is 1.93 bits per heavy atom. The van der Waals surface area contributed by atoms with E-state index in [0.29, 0.717) is 28.4 Å². The van der Waals surface area contributed by atoms with Gasteiger partial charge < -0.3 is 5.11 Å². The van der Waals surface area contributed by atoms with Gasteiger partial charge in [0.15, 0.2) is 11.2 Å². The maximum atomic E-state index is 13.1. The summed E-state index contributed by atoms with van der Waals surface area (Å²) in [6, 6.07) is 7.38. The van der Waals surface area contributed by atoms with Gasteiger partial charge in [-0.05, 0) is 38.5 Å². The van der Waals surface area contributed by atoms with Gasteiger partial charge in [-0.15, -0.1) is 0 Å². The van der Waals surface area contributed by atoms with E-state index >= 15 is 0 Å². The standard InChI is InChI=1S/C19H20ClN5O3/c1-11-12(2)25-15-16(22(3)19(28)23(17(15)27)8-5-9-26)21-18(25)24(11)14-7-4-6-13(20)10-14/h4,6-7,10,26H,5,8-9H2,1-3H3. The van der Waals surface area contributed by atoms with Crippen LogP contribution in [-0.4, -0.2) is 34.8 Å². The zero-order chi connectivity index (χ0) is 20.2. The number of benzene rings is 1. The highest BCUT2D eigenvalue weighted by Gasteiger charge is 2.23. The van der Waals surface area contributed by atoms with Crippen molar-refractivity contribution >= 4 is 28.5 Å². The molecule has 0 amide bonds. The maximum Gasteiger partial charge on any atom is 0.332 e. The molecule has 0 aliphatic carbocycles. The summed E-state index contributed by atoms with van der Waals surface area (Å²) in [6.45, 7) is 3.91. The molecule has 0 saturated carbocycles. The fourth-order valence-electron chi connectivity index (χ4n) is 3.60. The summed E-state index contributed by atoms with van der Waals surface area (Å²) >= 11 is 6.16. The Morgan fingerprint density at radius 1 is 1.18 bits per heavy atom. The average Bonchev–Trinajstić information content (AvgIpc) is 3.16. The van der Waals surface area contributed by atoms with Crippen molar-refractivity contribution in [3.8, 4) is 5.69 Å². The van der Waals surface area contributed by atoms with Crippen LogP contribution in [0.2, 0.25) is 5.02 Å². The van der Waals surface area contributed by atoms with Crippen molar-refractivity contribution in [3.63, 3.8) is 0 Å². The van der Waals surface area contributed by atoms with Crippen LogP contribution in [0.3, 0.4) is 0 Å². The van der Waals surface area contributed by atoms with Gasteiger partial charge in [0.25, 0.3) is 5.56 Å². The molecule has 146 valence electrons. The Labute approximate surface area is 164 Å². The first-order valence-corrected chi connectivity index (χ1v) is 9.31. The minimum absolute atomic E-state index is 0.0985. The maximum absolute atomic E-state index is 13.1. The number of imidazole rings is 2. The summed E-state index contributed by atoms with van der Waals surface area (Å²) in [7, 11) is 1.60. The minimum atomic E-state index is -0.449. The monoisotopic (exact) mass is 401 g/mol. The van der Waals surface area contributed by atoms with Gasteiger partial charge in [-0.2, -0.15) is 4.98 Å². The first-order valence-electron chi connectivity index (χ1n) is 8.93. The zero-order valence-corrected chi connectivity index (χ0v) is 16.6. The number of nitrogens with zero attached hydrogens (tertiary/aromatic N) is 5. The predicted octanol–water partition coefficient (Wildman–Crippen LogP) is 1.79. The summed E-state index contributed by atoms with van der Waals surface area (Å²) in [6.07, 6.45) is 0.324. The van der Waals surface area contributed by atoms with Gasteiger partial charge in [0.05, 0.1) is 5.69 Å². The van der Waals surface area contributed by atoms with Crippen molar-refractivity contribution < 1.29 is 5.11 Å². The number of rotatable bonds is 4. The molecule has 0 aliphatic heterocycles. The molecule has 1 aromatic carbocycles. The third-order valence-electron chi connectivity index (χ3n) is 5.13. The van der Waals surface area contributed by atoms with Gasteiger partial charge in [-0.25, -0.2) is 4.79 Å². The third kappa shape index (κ3) is 2.52. The molecule has 0 atom stereocenters. The normalized spacial score (nSPS) is 11.8. The minimum Gasteiger partial charge on any atom is -0.396 e. The lowest BCUT2D eigenvalue weighted by molar-refractivity contribution is 0.277. The number of aryl methyl sites for hydroxylation is 2. The molecule has 0 unspecified atom stereocenters. The van der Waals surface area contributed by atoms with Crippen molar-refractivity contribution in [1.29, 1.82) is 0 Å². The summed E-state index contributed by atoms with van der Waals surface area (Å²) < 4.78 is 6.22. The quantitative estimate of drug-likeness (QED) is 0.565. The Bertz CT molecular complexity index is 1340. The van der Waals surface area contributed by atoms with Crippen LogP contribution >= 0.6 is 11.6 Å². The van der Waals surface area contributed by atoms with Crippen LogP contribution < -0.4 is 11.2 Å². The topological polar surface area (TPSA) is 86.5 Å². The van der Waals surface area contributed by atoms with E-state index in [4.69, 9.17) is 16.7 Å². The van der Waals surface area contributed by atoms with Crippen molar-refractivity contribution in [2.24, 2.45) is 7.05 Å². The molecule has 8 nitrogen and oxygen atoms in total. The fourth-order valence-corrected chi connectivity index (χ4v) is 3.79. The van der Waals surface area contributed by atoms with Gasteiger partial charge in [-0.3, -0.25) is 22.9 Å². The van der Waals surface area contributed by atoms with Crippen LogP contribution in [0.25, 0.3) is 22.6 Å². The van der Waals surface area contributed by atoms with Crippen molar-refractivity contribution in [3.05, 3.63) is 61.5 Å². The second-order valence-electron chi connectivity index (χ2n) is 6.78. The molecule has 28 heavy (non-hydrogen) atoms. The number of halogens is 1. The number of aromatic nitrogens is 5. The lowest BCUT2D eigenvalue weighted by Gasteiger charge is -2.08. The smallest absolute Gasteiger partial charge is 0.332 e. The van der Waals surface area contributed by atoms with E-state index < -0.39 is 11.2 Å². The summed E-state index contributed by atoms with van der Waals surface area (Å²) in [5.74, 6) is 0.541. The van der Waals surface area contributed by atoms with Crippen molar-refractivity contribution in [2.75, 3.05) is 6.61 Å². The highest BCUT2D eigenvalue weighted by Crippen LogP contribution is 2.25. The van der Waals surface area contributed by atoms with E-state index in [0.717, 1.165) is 21.6 Å². The molecule has 0 spiro atoms. The van der Waals surface area contributed by atoms with Gasteiger partial charge >= 0.3 is 5.69 Å². The van der Waals surface area contributed by atoms with Crippen LogP contribution in [0.1, 0.15) is 17.8 Å². The fraction of sp³-hybridized carbons (Fsp3) is 0.316. The third-order valence-corrected chi connectivity index (χ3v) is 5.36. The van der Waals surface area contributed by atoms with Crippen LogP contribution in [-0.2, 0) is 13.6 Å². The van der Waals surface area contributed by atoms with E-state index in [-0.39, 0.29) is 13.2 Å². The molecular formula is C19H20ClN5O3. The lowest BCUT2D eigenvalue weighted by atomic mass is 10.3. The number of fused-ring (bicyclic) bond motifs is 3. The molecule has 1 N–H and O–H groups in total. The molecule has 0 radical (unpaired) electrons. The van der Waals surface area contributed by atoms with Gasteiger partial charge in [-0.1, -0.05) is 17.7 Å². The van der Waals surface area contributed by atoms with Gasteiger partial charge in [0.2, 0.25) is 5.78 Å². The lowest BCUT2D eigenvalue weighted by Crippen LogP contribution is -2.39. The molecule has 4 aromatic rings. The van der Waals surface area contributed by atoms with Crippen LogP contribution in [0.4, 0.5) is 0 Å². The molecule has 0 bridgehead atoms. The predicted molar refractivity (Wildman–Crippen MR) is 108 cm³/mol. The highest BCUT2D eigenvalue weighted by atomic mass is 35.5. The van der Waals surface area contributed by atoms with Gasteiger partial charge in [0.1, 0.15) is 0 Å². The highest BCUT2D eigenvalue weighted by molar-refractivity contribution is 6.30. The van der Waals surface area contributed by atoms with E-state index in [9.17, 15) is 9.59 Å². The Balaban J connectivity index is 2.15. The molecule has 0 saturated heterocycles. The summed E-state index contributed by atoms with van der Waals surface area (Å²) in [4.78, 5) is 30.4. The Hall–Kier alpha value is -2.84. The number of aliphatic hydroxyl groups is 1. The second-order valence-corrected chi connectivity index (χ2v) is 7.22. The zero-order valence-electron chi connectivity index (χ0n) is 15.8. The van der Waals surface area contributed by atoms with E-state index in [1.165, 1.54) is 4.57 Å². The van der Waals surface area contributed by atoms with Crippen molar-refractivity contribution in [2.45, 2.75) is 26.8 Å². The molecule has 0 aliphatic rings. The number of hydrogen-bond acceptors (Lipinski definition) is 4. The molecule has 0 fully saturated rings. The molecular weight excluding hydrogens is 382 g/mol. The molecule has 9 heteroatoms. The molecule has 3 aromatic heterocycles. The first kappa shape index (κ1) is 18.5. The average molecular weight is 402 g/mol. The summed E-state index contributed by atoms with van der Waals surface area (Å²) in [5.41, 5.74) is 2.40. The Morgan fingerprint density at radius 3 is 2.61 bits per heavy atom.